The minimum atomic E-state index is -0.182. The highest BCUT2D eigenvalue weighted by molar-refractivity contribution is 6.04. The molecule has 0 radical (unpaired) electrons. The molecular weight excluding hydrogens is 428 g/mol. The Kier molecular flexibility index (Phi) is 7.90. The van der Waals surface area contributed by atoms with Crippen LogP contribution >= 0.6 is 0 Å². The largest absolute Gasteiger partial charge is 0.342 e. The Morgan fingerprint density at radius 1 is 1.09 bits per heavy atom. The Balaban J connectivity index is 1.48. The van der Waals surface area contributed by atoms with Crippen LogP contribution in [0, 0.1) is 0 Å². The van der Waals surface area contributed by atoms with E-state index in [0.717, 1.165) is 43.7 Å². The van der Waals surface area contributed by atoms with Gasteiger partial charge >= 0.3 is 0 Å². The van der Waals surface area contributed by atoms with Crippen molar-refractivity contribution in [1.29, 1.82) is 0 Å². The number of carbonyl (C=O) groups is 2. The minimum absolute atomic E-state index is 0.0600. The van der Waals surface area contributed by atoms with Gasteiger partial charge in [-0.25, -0.2) is 4.98 Å². The van der Waals surface area contributed by atoms with Gasteiger partial charge in [0, 0.05) is 50.9 Å². The van der Waals surface area contributed by atoms with E-state index in [1.54, 1.807) is 23.5 Å². The number of pyridine rings is 1. The van der Waals surface area contributed by atoms with Crippen LogP contribution in [0.2, 0.25) is 0 Å². The molecule has 0 atom stereocenters. The number of rotatable bonds is 9. The molecule has 1 aromatic carbocycles. The monoisotopic (exact) mass is 462 g/mol. The van der Waals surface area contributed by atoms with E-state index in [1.807, 2.05) is 35.9 Å². The number of hydrogen-bond acceptors (Lipinski definition) is 5. The van der Waals surface area contributed by atoms with E-state index in [2.05, 4.69) is 20.2 Å². The van der Waals surface area contributed by atoms with Gasteiger partial charge in [0.1, 0.15) is 0 Å². The predicted molar refractivity (Wildman–Crippen MR) is 134 cm³/mol. The number of hydrogen-bond donors (Lipinski definition) is 1. The molecule has 1 N–H and O–H groups in total. The summed E-state index contributed by atoms with van der Waals surface area (Å²) in [6.07, 6.45) is 9.11. The zero-order valence-electron chi connectivity index (χ0n) is 20.2. The number of nitrogens with zero attached hydrogens (tertiary/aromatic N) is 5. The highest BCUT2D eigenvalue weighted by Crippen LogP contribution is 2.26. The van der Waals surface area contributed by atoms with E-state index in [9.17, 15) is 9.59 Å². The summed E-state index contributed by atoms with van der Waals surface area (Å²) in [5, 5.41) is 2.90. The summed E-state index contributed by atoms with van der Waals surface area (Å²) in [6, 6.07) is 9.45. The molecule has 180 valence electrons. The maximum atomic E-state index is 13.2. The van der Waals surface area contributed by atoms with Crippen molar-refractivity contribution in [3.05, 3.63) is 54.1 Å². The topological polar surface area (TPSA) is 83.4 Å². The van der Waals surface area contributed by atoms with Crippen LogP contribution in [0.1, 0.15) is 48.7 Å². The van der Waals surface area contributed by atoms with E-state index in [-0.39, 0.29) is 11.8 Å². The molecule has 8 nitrogen and oxygen atoms in total. The fourth-order valence-corrected chi connectivity index (χ4v) is 4.60. The van der Waals surface area contributed by atoms with E-state index in [0.29, 0.717) is 29.9 Å². The molecule has 0 spiro atoms. The van der Waals surface area contributed by atoms with Crippen LogP contribution in [0.15, 0.2) is 42.9 Å². The van der Waals surface area contributed by atoms with Crippen LogP contribution in [-0.2, 0) is 17.8 Å². The minimum Gasteiger partial charge on any atom is -0.342 e. The molecule has 1 aliphatic rings. The third kappa shape index (κ3) is 5.99. The second kappa shape index (κ2) is 11.2. The number of anilines is 1. The quantitative estimate of drug-likeness (QED) is 0.526. The van der Waals surface area contributed by atoms with Crippen molar-refractivity contribution in [3.8, 4) is 0 Å². The lowest BCUT2D eigenvalue weighted by atomic mass is 10.1. The molecule has 3 heterocycles. The summed E-state index contributed by atoms with van der Waals surface area (Å²) >= 11 is 0. The number of nitrogens with one attached hydrogen (secondary N) is 1. The van der Waals surface area contributed by atoms with Crippen LogP contribution in [0.3, 0.4) is 0 Å². The third-order valence-corrected chi connectivity index (χ3v) is 6.37. The van der Waals surface area contributed by atoms with Gasteiger partial charge < -0.3 is 19.7 Å². The van der Waals surface area contributed by atoms with Crippen molar-refractivity contribution in [3.63, 3.8) is 0 Å². The van der Waals surface area contributed by atoms with Gasteiger partial charge in [0.2, 0.25) is 5.91 Å². The van der Waals surface area contributed by atoms with Gasteiger partial charge in [-0.05, 0) is 63.2 Å². The van der Waals surface area contributed by atoms with Gasteiger partial charge in [0.05, 0.1) is 23.0 Å². The molecule has 3 aromatic rings. The Labute approximate surface area is 201 Å². The van der Waals surface area contributed by atoms with E-state index in [1.165, 1.54) is 26.2 Å². The first kappa shape index (κ1) is 23.9. The van der Waals surface area contributed by atoms with Crippen molar-refractivity contribution in [2.45, 2.75) is 45.6 Å². The molecule has 1 saturated heterocycles. The van der Waals surface area contributed by atoms with Crippen LogP contribution < -0.4 is 5.32 Å². The maximum absolute atomic E-state index is 13.2. The number of benzene rings is 1. The second-order valence-electron chi connectivity index (χ2n) is 9.06. The van der Waals surface area contributed by atoms with Crippen molar-refractivity contribution in [2.75, 3.05) is 38.5 Å². The summed E-state index contributed by atoms with van der Waals surface area (Å²) in [6.45, 7) is 6.19. The first-order chi connectivity index (χ1) is 16.5. The summed E-state index contributed by atoms with van der Waals surface area (Å²) in [4.78, 5) is 38.3. The van der Waals surface area contributed by atoms with Crippen molar-refractivity contribution in [1.82, 2.24) is 24.3 Å². The summed E-state index contributed by atoms with van der Waals surface area (Å²) in [5.74, 6) is -0.242. The average Bonchev–Trinajstić information content (AvgIpc) is 3.26. The SMILES string of the molecule is CC(=O)Nc1cc(C(=O)N(C)CCCN2CCCCC2)cc2ncn(CCc3ccccn3)c12. The molecule has 0 unspecified atom stereocenters. The van der Waals surface area contributed by atoms with Crippen molar-refractivity contribution in [2.24, 2.45) is 0 Å². The fourth-order valence-electron chi connectivity index (χ4n) is 4.60. The summed E-state index contributed by atoms with van der Waals surface area (Å²) < 4.78 is 2.01. The van der Waals surface area contributed by atoms with Gasteiger partial charge in [0.25, 0.3) is 5.91 Å². The highest BCUT2D eigenvalue weighted by atomic mass is 16.2. The van der Waals surface area contributed by atoms with Gasteiger partial charge in [-0.2, -0.15) is 0 Å². The number of aromatic nitrogens is 3. The number of carbonyl (C=O) groups excluding carboxylic acids is 2. The number of aryl methyl sites for hydroxylation is 2. The lowest BCUT2D eigenvalue weighted by molar-refractivity contribution is -0.114. The fraction of sp³-hybridized carbons (Fsp3) is 0.462. The Hall–Kier alpha value is -3.26. The number of amides is 2. The standard InChI is InChI=1S/C26H34N6O2/c1-20(33)29-24-18-21(26(34)30(2)12-8-15-31-13-6-3-7-14-31)17-23-25(24)32(19-28-23)16-10-22-9-4-5-11-27-22/h4-5,9,11,17-19H,3,6-8,10,12-16H2,1-2H3,(H,29,33). The number of imidazole rings is 1. The molecule has 2 amide bonds. The highest BCUT2D eigenvalue weighted by Gasteiger charge is 2.18. The number of piperidine rings is 1. The molecular formula is C26H34N6O2. The van der Waals surface area contributed by atoms with E-state index < -0.39 is 0 Å². The zero-order valence-corrected chi connectivity index (χ0v) is 20.2. The molecule has 2 aromatic heterocycles. The number of fused-ring (bicyclic) bond motifs is 1. The molecule has 34 heavy (non-hydrogen) atoms. The van der Waals surface area contributed by atoms with Gasteiger partial charge in [-0.15, -0.1) is 0 Å². The van der Waals surface area contributed by atoms with Crippen molar-refractivity contribution >= 4 is 28.5 Å². The lowest BCUT2D eigenvalue weighted by Crippen LogP contribution is -2.34. The zero-order chi connectivity index (χ0) is 23.9. The molecule has 0 bridgehead atoms. The van der Waals surface area contributed by atoms with Gasteiger partial charge in [-0.1, -0.05) is 12.5 Å². The number of likely N-dealkylation sites (tertiary alicyclic amines) is 1. The third-order valence-electron chi connectivity index (χ3n) is 6.37. The Morgan fingerprint density at radius 2 is 1.91 bits per heavy atom. The second-order valence-corrected chi connectivity index (χ2v) is 9.06. The van der Waals surface area contributed by atoms with Crippen LogP contribution in [0.25, 0.3) is 11.0 Å². The Morgan fingerprint density at radius 3 is 2.65 bits per heavy atom. The van der Waals surface area contributed by atoms with Gasteiger partial charge in [-0.3, -0.25) is 14.6 Å². The van der Waals surface area contributed by atoms with Crippen LogP contribution in [0.5, 0.6) is 0 Å². The first-order valence-corrected chi connectivity index (χ1v) is 12.2. The van der Waals surface area contributed by atoms with Gasteiger partial charge in [0.15, 0.2) is 0 Å². The Bertz CT molecular complexity index is 1120. The molecule has 0 aliphatic carbocycles. The molecule has 8 heteroatoms. The lowest BCUT2D eigenvalue weighted by Gasteiger charge is -2.27. The van der Waals surface area contributed by atoms with Crippen LogP contribution in [0.4, 0.5) is 5.69 Å². The van der Waals surface area contributed by atoms with Crippen molar-refractivity contribution < 1.29 is 9.59 Å². The van der Waals surface area contributed by atoms with Crippen LogP contribution in [-0.4, -0.2) is 69.4 Å². The smallest absolute Gasteiger partial charge is 0.253 e. The predicted octanol–water partition coefficient (Wildman–Crippen LogP) is 3.58. The molecule has 1 fully saturated rings. The maximum Gasteiger partial charge on any atom is 0.253 e. The molecule has 0 saturated carbocycles. The first-order valence-electron chi connectivity index (χ1n) is 12.2. The summed E-state index contributed by atoms with van der Waals surface area (Å²) in [7, 11) is 1.84. The summed E-state index contributed by atoms with van der Waals surface area (Å²) in [5.41, 5.74) is 3.64. The van der Waals surface area contributed by atoms with E-state index in [4.69, 9.17) is 0 Å². The molecule has 1 aliphatic heterocycles. The molecule has 4 rings (SSSR count). The van der Waals surface area contributed by atoms with E-state index >= 15 is 0 Å². The normalized spacial score (nSPS) is 14.3. The average molecular weight is 463 g/mol.